The van der Waals surface area contributed by atoms with Crippen molar-refractivity contribution < 1.29 is 4.74 Å². The van der Waals surface area contributed by atoms with Crippen molar-refractivity contribution in [2.75, 3.05) is 0 Å². The lowest BCUT2D eigenvalue weighted by atomic mass is 10.2. The second kappa shape index (κ2) is 6.54. The normalized spacial score (nSPS) is 11.3. The van der Waals surface area contributed by atoms with Gasteiger partial charge in [-0.2, -0.15) is 0 Å². The minimum absolute atomic E-state index is 0.356. The predicted octanol–water partition coefficient (Wildman–Crippen LogP) is 3.94. The van der Waals surface area contributed by atoms with Crippen molar-refractivity contribution in [2.45, 2.75) is 34.3 Å². The van der Waals surface area contributed by atoms with E-state index in [1.807, 2.05) is 61.3 Å². The zero-order valence-corrected chi connectivity index (χ0v) is 16.3. The quantitative estimate of drug-likeness (QED) is 0.552. The Bertz CT molecular complexity index is 1120. The summed E-state index contributed by atoms with van der Waals surface area (Å²) in [5.41, 5.74) is 7.02. The van der Waals surface area contributed by atoms with Crippen molar-refractivity contribution in [1.29, 1.82) is 0 Å². The Morgan fingerprint density at radius 2 is 1.70 bits per heavy atom. The third-order valence-electron chi connectivity index (χ3n) is 5.11. The van der Waals surface area contributed by atoms with Crippen LogP contribution in [0.15, 0.2) is 36.5 Å². The smallest absolute Gasteiger partial charge is 0.235 e. The highest BCUT2D eigenvalue weighted by atomic mass is 16.5. The molecule has 3 heterocycles. The number of hydrogen-bond acceptors (Lipinski definition) is 4. The number of fused-ring (bicyclic) bond motifs is 1. The first-order valence-corrected chi connectivity index (χ1v) is 8.99. The molecule has 0 aliphatic rings. The van der Waals surface area contributed by atoms with Gasteiger partial charge in [0.15, 0.2) is 5.65 Å². The molecule has 27 heavy (non-hydrogen) atoms. The highest BCUT2D eigenvalue weighted by Crippen LogP contribution is 2.25. The molecule has 0 saturated carbocycles. The average molecular weight is 361 g/mol. The maximum atomic E-state index is 6.06. The van der Waals surface area contributed by atoms with Gasteiger partial charge in [-0.3, -0.25) is 0 Å². The van der Waals surface area contributed by atoms with Crippen molar-refractivity contribution in [2.24, 2.45) is 7.05 Å². The Morgan fingerprint density at radius 1 is 0.963 bits per heavy atom. The molecular formula is C21H23N5O. The van der Waals surface area contributed by atoms with Crippen LogP contribution in [0.3, 0.4) is 0 Å². The van der Waals surface area contributed by atoms with E-state index < -0.39 is 0 Å². The van der Waals surface area contributed by atoms with E-state index in [0.717, 1.165) is 45.2 Å². The first-order chi connectivity index (χ1) is 13.0. The molecule has 0 bridgehead atoms. The average Bonchev–Trinajstić information content (AvgIpc) is 3.18. The minimum atomic E-state index is 0.356. The molecule has 0 fully saturated rings. The van der Waals surface area contributed by atoms with Crippen LogP contribution in [0.5, 0.6) is 5.88 Å². The van der Waals surface area contributed by atoms with Crippen LogP contribution in [-0.2, 0) is 13.7 Å². The molecule has 0 atom stereocenters. The van der Waals surface area contributed by atoms with E-state index in [1.165, 1.54) is 0 Å². The summed E-state index contributed by atoms with van der Waals surface area (Å²) < 4.78 is 9.92. The second-order valence-corrected chi connectivity index (χ2v) is 6.88. The predicted molar refractivity (Wildman–Crippen MR) is 105 cm³/mol. The molecule has 138 valence electrons. The number of ether oxygens (including phenoxy) is 1. The third kappa shape index (κ3) is 2.97. The monoisotopic (exact) mass is 361 g/mol. The van der Waals surface area contributed by atoms with Crippen molar-refractivity contribution in [3.05, 3.63) is 64.9 Å². The summed E-state index contributed by atoms with van der Waals surface area (Å²) in [6.07, 6.45) is 2.02. The van der Waals surface area contributed by atoms with Crippen molar-refractivity contribution in [3.63, 3.8) is 0 Å². The molecule has 0 amide bonds. The molecule has 0 spiro atoms. The molecule has 0 radical (unpaired) electrons. The molecule has 0 aliphatic heterocycles. The molecule has 6 heteroatoms. The first-order valence-electron chi connectivity index (χ1n) is 8.99. The van der Waals surface area contributed by atoms with Gasteiger partial charge >= 0.3 is 0 Å². The minimum Gasteiger partial charge on any atom is -0.468 e. The van der Waals surface area contributed by atoms with Gasteiger partial charge in [0, 0.05) is 29.9 Å². The van der Waals surface area contributed by atoms with Crippen LogP contribution in [0.1, 0.15) is 28.3 Å². The van der Waals surface area contributed by atoms with Gasteiger partial charge in [-0.25, -0.2) is 14.5 Å². The van der Waals surface area contributed by atoms with Crippen LogP contribution < -0.4 is 4.74 Å². The van der Waals surface area contributed by atoms with Gasteiger partial charge in [0.2, 0.25) is 5.88 Å². The van der Waals surface area contributed by atoms with Crippen molar-refractivity contribution >= 4 is 5.65 Å². The SMILES string of the molecule is Cc1nc2c(C)c(C)c(OCc3nc(-c4ccccc4)cn3C)nn2c1C. The summed E-state index contributed by atoms with van der Waals surface area (Å²) in [5.74, 6) is 1.47. The summed E-state index contributed by atoms with van der Waals surface area (Å²) in [5, 5.41) is 4.66. The lowest BCUT2D eigenvalue weighted by molar-refractivity contribution is 0.273. The zero-order valence-electron chi connectivity index (χ0n) is 16.3. The highest BCUT2D eigenvalue weighted by Gasteiger charge is 2.16. The van der Waals surface area contributed by atoms with Gasteiger partial charge in [-0.05, 0) is 27.7 Å². The molecule has 4 rings (SSSR count). The second-order valence-electron chi connectivity index (χ2n) is 6.88. The Labute approximate surface area is 158 Å². The number of benzene rings is 1. The van der Waals surface area contributed by atoms with E-state index in [4.69, 9.17) is 9.72 Å². The van der Waals surface area contributed by atoms with Crippen LogP contribution in [0, 0.1) is 27.7 Å². The Morgan fingerprint density at radius 3 is 2.44 bits per heavy atom. The Balaban J connectivity index is 1.63. The van der Waals surface area contributed by atoms with Gasteiger partial charge in [-0.15, -0.1) is 5.10 Å². The van der Waals surface area contributed by atoms with Gasteiger partial charge in [0.25, 0.3) is 0 Å². The summed E-state index contributed by atoms with van der Waals surface area (Å²) in [4.78, 5) is 9.33. The number of aromatic nitrogens is 5. The van der Waals surface area contributed by atoms with E-state index in [2.05, 4.69) is 29.1 Å². The Kier molecular flexibility index (Phi) is 4.18. The van der Waals surface area contributed by atoms with Gasteiger partial charge < -0.3 is 9.30 Å². The summed E-state index contributed by atoms with van der Waals surface area (Å²) in [7, 11) is 1.98. The van der Waals surface area contributed by atoms with Crippen LogP contribution in [0.2, 0.25) is 0 Å². The number of hydrogen-bond donors (Lipinski definition) is 0. The lowest BCUT2D eigenvalue weighted by Gasteiger charge is -2.11. The highest BCUT2D eigenvalue weighted by molar-refractivity contribution is 5.58. The maximum Gasteiger partial charge on any atom is 0.235 e. The summed E-state index contributed by atoms with van der Waals surface area (Å²) >= 11 is 0. The van der Waals surface area contributed by atoms with Crippen LogP contribution in [-0.4, -0.2) is 24.1 Å². The standard InChI is InChI=1S/C21H23N5O/c1-13-14(2)21(24-26-16(4)15(3)22-20(13)26)27-12-19-23-18(11-25(19)5)17-9-7-6-8-10-17/h6-11H,12H2,1-5H3. The van der Waals surface area contributed by atoms with E-state index in [1.54, 1.807) is 0 Å². The number of rotatable bonds is 4. The third-order valence-corrected chi connectivity index (χ3v) is 5.11. The van der Waals surface area contributed by atoms with Crippen LogP contribution in [0.25, 0.3) is 16.9 Å². The topological polar surface area (TPSA) is 57.2 Å². The number of aryl methyl sites for hydroxylation is 4. The van der Waals surface area contributed by atoms with E-state index in [0.29, 0.717) is 12.5 Å². The lowest BCUT2D eigenvalue weighted by Crippen LogP contribution is -2.08. The fourth-order valence-corrected chi connectivity index (χ4v) is 3.12. The number of imidazole rings is 2. The molecule has 0 saturated heterocycles. The Hall–Kier alpha value is -3.15. The van der Waals surface area contributed by atoms with Crippen LogP contribution >= 0.6 is 0 Å². The molecular weight excluding hydrogens is 338 g/mol. The molecule has 3 aromatic heterocycles. The molecule has 1 aromatic carbocycles. The molecule has 4 aromatic rings. The fraction of sp³-hybridized carbons (Fsp3) is 0.286. The number of nitrogens with zero attached hydrogens (tertiary/aromatic N) is 5. The van der Waals surface area contributed by atoms with Crippen molar-refractivity contribution in [1.82, 2.24) is 24.1 Å². The van der Waals surface area contributed by atoms with Gasteiger partial charge in [-0.1, -0.05) is 30.3 Å². The molecule has 0 unspecified atom stereocenters. The van der Waals surface area contributed by atoms with E-state index >= 15 is 0 Å². The maximum absolute atomic E-state index is 6.06. The van der Waals surface area contributed by atoms with E-state index in [-0.39, 0.29) is 0 Å². The van der Waals surface area contributed by atoms with Gasteiger partial charge in [0.05, 0.1) is 17.1 Å². The van der Waals surface area contributed by atoms with Crippen molar-refractivity contribution in [3.8, 4) is 17.1 Å². The molecule has 6 nitrogen and oxygen atoms in total. The first kappa shape index (κ1) is 17.3. The van der Waals surface area contributed by atoms with Crippen LogP contribution in [0.4, 0.5) is 0 Å². The zero-order chi connectivity index (χ0) is 19.1. The van der Waals surface area contributed by atoms with Gasteiger partial charge in [0.1, 0.15) is 12.4 Å². The largest absolute Gasteiger partial charge is 0.468 e. The fourth-order valence-electron chi connectivity index (χ4n) is 3.12. The summed E-state index contributed by atoms with van der Waals surface area (Å²) in [6.45, 7) is 8.45. The molecule has 0 aliphatic carbocycles. The summed E-state index contributed by atoms with van der Waals surface area (Å²) in [6, 6.07) is 10.1. The molecule has 0 N–H and O–H groups in total. The van der Waals surface area contributed by atoms with E-state index in [9.17, 15) is 0 Å².